The highest BCUT2D eigenvalue weighted by Gasteiger charge is 2.19. The van der Waals surface area contributed by atoms with Crippen molar-refractivity contribution in [2.24, 2.45) is 0 Å². The Balaban J connectivity index is 4.50. The van der Waals surface area contributed by atoms with Gasteiger partial charge in [0, 0.05) is 19.3 Å². The molecule has 0 aromatic carbocycles. The molecule has 1 unspecified atom stereocenters. The lowest BCUT2D eigenvalue weighted by atomic mass is 10.1. The summed E-state index contributed by atoms with van der Waals surface area (Å²) in [6.45, 7) is 6.30. The molecular weight excluding hydrogens is 1020 g/mol. The number of carbonyl (C=O) groups excluding carboxylic acids is 3. The highest BCUT2D eigenvalue weighted by molar-refractivity contribution is 5.71. The van der Waals surface area contributed by atoms with Crippen LogP contribution in [-0.4, -0.2) is 37.2 Å². The Labute approximate surface area is 509 Å². The lowest BCUT2D eigenvalue weighted by Crippen LogP contribution is -2.30. The molecule has 0 fully saturated rings. The van der Waals surface area contributed by atoms with Gasteiger partial charge in [-0.05, 0) is 167 Å². The summed E-state index contributed by atoms with van der Waals surface area (Å²) in [6.07, 6.45) is 104. The lowest BCUT2D eigenvalue weighted by Gasteiger charge is -2.18. The van der Waals surface area contributed by atoms with E-state index in [0.29, 0.717) is 12.8 Å². The van der Waals surface area contributed by atoms with Crippen LogP contribution in [0.25, 0.3) is 0 Å². The number of unbranched alkanes of at least 4 members (excludes halogenated alkanes) is 14. The fourth-order valence-electron chi connectivity index (χ4n) is 8.20. The molecule has 0 rings (SSSR count). The normalized spacial score (nSPS) is 13.4. The van der Waals surface area contributed by atoms with Gasteiger partial charge in [0.1, 0.15) is 13.2 Å². The van der Waals surface area contributed by atoms with Crippen molar-refractivity contribution >= 4 is 17.9 Å². The van der Waals surface area contributed by atoms with E-state index in [9.17, 15) is 14.4 Å². The predicted octanol–water partition coefficient (Wildman–Crippen LogP) is 23.0. The number of hydrogen-bond acceptors (Lipinski definition) is 6. The van der Waals surface area contributed by atoms with Crippen molar-refractivity contribution in [2.45, 2.75) is 258 Å². The third-order valence-electron chi connectivity index (χ3n) is 13.1. The van der Waals surface area contributed by atoms with E-state index >= 15 is 0 Å². The van der Waals surface area contributed by atoms with E-state index in [1.54, 1.807) is 0 Å². The van der Waals surface area contributed by atoms with Crippen LogP contribution in [0.5, 0.6) is 0 Å². The first kappa shape index (κ1) is 77.2. The molecule has 0 aromatic rings. The smallest absolute Gasteiger partial charge is 0.306 e. The van der Waals surface area contributed by atoms with Gasteiger partial charge in [-0.2, -0.15) is 0 Å². The Hall–Kier alpha value is -5.75. The number of allylic oxidation sites excluding steroid dienone is 32. The third-order valence-corrected chi connectivity index (χ3v) is 13.1. The summed E-state index contributed by atoms with van der Waals surface area (Å²) in [6, 6.07) is 0. The van der Waals surface area contributed by atoms with E-state index in [4.69, 9.17) is 14.2 Å². The molecular formula is C77H118O6. The van der Waals surface area contributed by atoms with Gasteiger partial charge >= 0.3 is 17.9 Å². The average molecular weight is 1140 g/mol. The Morgan fingerprint density at radius 2 is 0.470 bits per heavy atom. The zero-order valence-electron chi connectivity index (χ0n) is 52.9. The van der Waals surface area contributed by atoms with Crippen molar-refractivity contribution in [1.82, 2.24) is 0 Å². The average Bonchev–Trinajstić information content (AvgIpc) is 3.49. The molecule has 1 atom stereocenters. The molecule has 0 saturated carbocycles. The highest BCUT2D eigenvalue weighted by atomic mass is 16.6. The van der Waals surface area contributed by atoms with E-state index in [0.717, 1.165) is 167 Å². The maximum Gasteiger partial charge on any atom is 0.306 e. The Kier molecular flexibility index (Phi) is 64.0. The molecule has 0 aliphatic rings. The van der Waals surface area contributed by atoms with Gasteiger partial charge in [-0.15, -0.1) is 0 Å². The maximum absolute atomic E-state index is 12.9. The van der Waals surface area contributed by atoms with Gasteiger partial charge in [0.25, 0.3) is 0 Å². The molecule has 0 saturated heterocycles. The first-order valence-electron chi connectivity index (χ1n) is 32.9. The Morgan fingerprint density at radius 3 is 0.771 bits per heavy atom. The number of carbonyl (C=O) groups is 3. The van der Waals surface area contributed by atoms with Crippen molar-refractivity contribution < 1.29 is 28.6 Å². The fourth-order valence-corrected chi connectivity index (χ4v) is 8.20. The minimum absolute atomic E-state index is 0.125. The molecule has 0 aliphatic heterocycles. The van der Waals surface area contributed by atoms with Crippen LogP contribution in [0.4, 0.5) is 0 Å². The standard InChI is InChI=1S/C77H118O6/c1-4-7-10-13-16-19-22-25-28-30-32-33-34-35-36-37-38-39-40-41-42-43-45-46-49-52-55-58-61-64-67-70-76(79)82-73-74(72-81-75(78)69-66-63-60-57-54-51-48-27-24-21-18-15-12-9-6-3)83-77(80)71-68-65-62-59-56-53-50-47-44-31-29-26-23-20-17-14-11-8-5-2/h7,9-10,12,16-21,25-29,32-33,35-36,38-39,41-42,44-48,52,54-55,57,74H,4-6,8,11,13-15,22-24,30-31,34,37,40,43,49-51,53,56,58-73H2,1-3H3/b10-7-,12-9-,19-16-,20-17-,21-18-,28-25-,29-26-,33-32-,36-35-,39-38-,42-41-,46-45-,47-44-,48-27-,55-52-,57-54-. The molecule has 0 spiro atoms. The topological polar surface area (TPSA) is 78.9 Å². The zero-order valence-corrected chi connectivity index (χ0v) is 52.9. The SMILES string of the molecule is CC/C=C\C/C=C\C/C=C\C/C=C\C/C=C\C/C=C\C/C=C\C/C=C\C/C=C\CCCCCC(=O)OCC(COC(=O)CCCC/C=C\C/C=C\C/C=C\C/C=C\CC)OC(=O)CCCCCCCC/C=C\C/C=C\C/C=C\CCCCC. The number of hydrogen-bond donors (Lipinski definition) is 0. The van der Waals surface area contributed by atoms with Crippen LogP contribution in [0.2, 0.25) is 0 Å². The van der Waals surface area contributed by atoms with Crippen molar-refractivity contribution in [1.29, 1.82) is 0 Å². The van der Waals surface area contributed by atoms with Crippen molar-refractivity contribution in [3.63, 3.8) is 0 Å². The second-order valence-electron chi connectivity index (χ2n) is 20.9. The molecule has 83 heavy (non-hydrogen) atoms. The molecule has 6 heteroatoms. The summed E-state index contributed by atoms with van der Waals surface area (Å²) in [5.74, 6) is -1.02. The summed E-state index contributed by atoms with van der Waals surface area (Å²) < 4.78 is 16.9. The Morgan fingerprint density at radius 1 is 0.253 bits per heavy atom. The van der Waals surface area contributed by atoms with Crippen LogP contribution in [0, 0.1) is 0 Å². The third kappa shape index (κ3) is 66.9. The van der Waals surface area contributed by atoms with Gasteiger partial charge in [0.05, 0.1) is 0 Å². The van der Waals surface area contributed by atoms with Gasteiger partial charge in [0.15, 0.2) is 6.10 Å². The first-order valence-corrected chi connectivity index (χ1v) is 32.9. The van der Waals surface area contributed by atoms with E-state index in [-0.39, 0.29) is 44.0 Å². The molecule has 6 nitrogen and oxygen atoms in total. The van der Waals surface area contributed by atoms with Gasteiger partial charge in [0.2, 0.25) is 0 Å². The van der Waals surface area contributed by atoms with E-state index in [1.807, 2.05) is 0 Å². The molecule has 0 heterocycles. The van der Waals surface area contributed by atoms with E-state index in [1.165, 1.54) is 38.5 Å². The molecule has 0 radical (unpaired) electrons. The van der Waals surface area contributed by atoms with Gasteiger partial charge in [-0.25, -0.2) is 0 Å². The minimum Gasteiger partial charge on any atom is -0.462 e. The van der Waals surface area contributed by atoms with E-state index in [2.05, 4.69) is 215 Å². The predicted molar refractivity (Wildman–Crippen MR) is 361 cm³/mol. The van der Waals surface area contributed by atoms with Crippen molar-refractivity contribution in [2.75, 3.05) is 13.2 Å². The second-order valence-corrected chi connectivity index (χ2v) is 20.9. The van der Waals surface area contributed by atoms with Crippen LogP contribution in [0.15, 0.2) is 194 Å². The lowest BCUT2D eigenvalue weighted by molar-refractivity contribution is -0.167. The molecule has 0 aromatic heterocycles. The van der Waals surface area contributed by atoms with Crippen LogP contribution in [0.3, 0.4) is 0 Å². The van der Waals surface area contributed by atoms with Crippen LogP contribution >= 0.6 is 0 Å². The maximum atomic E-state index is 12.9. The van der Waals surface area contributed by atoms with E-state index < -0.39 is 6.10 Å². The molecule has 0 amide bonds. The Bertz CT molecular complexity index is 1990. The second kappa shape index (κ2) is 68.7. The van der Waals surface area contributed by atoms with Gasteiger partial charge in [-0.3, -0.25) is 14.4 Å². The van der Waals surface area contributed by atoms with Crippen LogP contribution < -0.4 is 0 Å². The number of rotatable bonds is 57. The largest absolute Gasteiger partial charge is 0.462 e. The zero-order chi connectivity index (χ0) is 59.9. The summed E-state index contributed by atoms with van der Waals surface area (Å²) in [4.78, 5) is 38.3. The molecule has 0 N–H and O–H groups in total. The monoisotopic (exact) mass is 1140 g/mol. The minimum atomic E-state index is -0.830. The van der Waals surface area contributed by atoms with Crippen molar-refractivity contribution in [3.8, 4) is 0 Å². The molecule has 0 aliphatic carbocycles. The fraction of sp³-hybridized carbons (Fsp3) is 0.545. The molecule has 0 bridgehead atoms. The quantitative estimate of drug-likeness (QED) is 0.0261. The summed E-state index contributed by atoms with van der Waals surface area (Å²) >= 11 is 0. The van der Waals surface area contributed by atoms with Crippen LogP contribution in [0.1, 0.15) is 252 Å². The summed E-state index contributed by atoms with van der Waals surface area (Å²) in [5.41, 5.74) is 0. The summed E-state index contributed by atoms with van der Waals surface area (Å²) in [7, 11) is 0. The summed E-state index contributed by atoms with van der Waals surface area (Å²) in [5, 5.41) is 0. The van der Waals surface area contributed by atoms with Gasteiger partial charge < -0.3 is 14.2 Å². The number of esters is 3. The number of ether oxygens (including phenoxy) is 3. The van der Waals surface area contributed by atoms with Crippen LogP contribution in [-0.2, 0) is 28.6 Å². The van der Waals surface area contributed by atoms with Crippen molar-refractivity contribution in [3.05, 3.63) is 194 Å². The highest BCUT2D eigenvalue weighted by Crippen LogP contribution is 2.13. The van der Waals surface area contributed by atoms with Gasteiger partial charge in [-0.1, -0.05) is 260 Å². The first-order chi connectivity index (χ1) is 41.0. The molecule has 462 valence electrons.